The van der Waals surface area contributed by atoms with Crippen molar-refractivity contribution in [2.24, 2.45) is 4.99 Å². The Morgan fingerprint density at radius 2 is 1.66 bits per heavy atom. The third-order valence-corrected chi connectivity index (χ3v) is 7.61. The highest BCUT2D eigenvalue weighted by Crippen LogP contribution is 2.38. The summed E-state index contributed by atoms with van der Waals surface area (Å²) in [4.78, 5) is 47.2. The Balaban J connectivity index is 1.38. The second kappa shape index (κ2) is 12.0. The first kappa shape index (κ1) is 33.4. The topological polar surface area (TPSA) is 94.6 Å². The molecule has 0 saturated carbocycles. The van der Waals surface area contributed by atoms with Crippen LogP contribution in [0.5, 0.6) is 0 Å². The van der Waals surface area contributed by atoms with Crippen molar-refractivity contribution in [2.45, 2.75) is 58.5 Å². The first-order valence-electron chi connectivity index (χ1n) is 14.6. The van der Waals surface area contributed by atoms with Crippen LogP contribution in [0.4, 0.5) is 48.6 Å². The third-order valence-electron chi connectivity index (χ3n) is 7.61. The number of nitrogens with one attached hydrogen (secondary N) is 1. The molecule has 5 rings (SSSR count). The molecule has 3 aromatic carbocycles. The fraction of sp³-hybridized carbons (Fsp3) is 0.333. The van der Waals surface area contributed by atoms with Crippen LogP contribution in [-0.4, -0.2) is 57.9 Å². The largest absolute Gasteiger partial charge is 0.443 e. The Labute approximate surface area is 267 Å². The molecular formula is C33H32F5N5O4. The molecule has 47 heavy (non-hydrogen) atoms. The molecule has 1 fully saturated rings. The van der Waals surface area contributed by atoms with Crippen LogP contribution in [0.3, 0.4) is 0 Å². The summed E-state index contributed by atoms with van der Waals surface area (Å²) in [5, 5.41) is 3.11. The van der Waals surface area contributed by atoms with Crippen LogP contribution >= 0.6 is 0 Å². The van der Waals surface area contributed by atoms with Gasteiger partial charge in [-0.15, -0.1) is 0 Å². The Hall–Kier alpha value is -5.01. The van der Waals surface area contributed by atoms with E-state index in [9.17, 15) is 36.3 Å². The molecule has 0 radical (unpaired) electrons. The van der Waals surface area contributed by atoms with Crippen LogP contribution in [-0.2, 0) is 22.3 Å². The predicted octanol–water partition coefficient (Wildman–Crippen LogP) is 7.47. The molecule has 0 aliphatic carbocycles. The van der Waals surface area contributed by atoms with Gasteiger partial charge in [0.15, 0.2) is 0 Å². The standard InChI is InChI=1S/C33H32F5N5O4/c1-31(2,3)47-30(46)41-15-14-39-27(41)19-7-10-22(11-8-19)40-26-16-21(34)9-6-20(26)18-42-29(45)43(28(44)32(42,4)5)23-12-13-25(35)24(17-23)33(36,37)38/h6-13,16-17,40H,14-15,18H2,1-5H3. The molecule has 3 aromatic rings. The van der Waals surface area contributed by atoms with Gasteiger partial charge in [-0.3, -0.25) is 14.7 Å². The molecule has 1 saturated heterocycles. The van der Waals surface area contributed by atoms with Crippen molar-refractivity contribution in [1.29, 1.82) is 0 Å². The van der Waals surface area contributed by atoms with Gasteiger partial charge in [-0.2, -0.15) is 13.2 Å². The van der Waals surface area contributed by atoms with Gasteiger partial charge in [0.2, 0.25) is 0 Å². The van der Waals surface area contributed by atoms with Crippen molar-refractivity contribution in [2.75, 3.05) is 23.3 Å². The van der Waals surface area contributed by atoms with E-state index in [0.717, 1.165) is 11.0 Å². The lowest BCUT2D eigenvalue weighted by molar-refractivity contribution is -0.140. The van der Waals surface area contributed by atoms with E-state index < -0.39 is 58.2 Å². The fourth-order valence-electron chi connectivity index (χ4n) is 5.22. The number of alkyl halides is 3. The van der Waals surface area contributed by atoms with Gasteiger partial charge < -0.3 is 15.0 Å². The lowest BCUT2D eigenvalue weighted by Gasteiger charge is -2.28. The summed E-state index contributed by atoms with van der Waals surface area (Å²) in [5.41, 5.74) is -2.40. The summed E-state index contributed by atoms with van der Waals surface area (Å²) in [5.74, 6) is -2.49. The number of aliphatic imine (C=N–C) groups is 1. The van der Waals surface area contributed by atoms with Gasteiger partial charge in [0.05, 0.1) is 30.9 Å². The first-order valence-corrected chi connectivity index (χ1v) is 14.6. The van der Waals surface area contributed by atoms with Gasteiger partial charge in [0.25, 0.3) is 5.91 Å². The first-order chi connectivity index (χ1) is 21.9. The summed E-state index contributed by atoms with van der Waals surface area (Å²) in [7, 11) is 0. The summed E-state index contributed by atoms with van der Waals surface area (Å²) in [6.45, 7) is 8.74. The molecule has 248 valence electrons. The van der Waals surface area contributed by atoms with Crippen LogP contribution in [0.2, 0.25) is 0 Å². The maximum atomic E-state index is 14.4. The smallest absolute Gasteiger partial charge is 0.419 e. The van der Waals surface area contributed by atoms with Gasteiger partial charge >= 0.3 is 18.3 Å². The number of hydrogen-bond acceptors (Lipinski definition) is 6. The van der Waals surface area contributed by atoms with E-state index in [1.165, 1.54) is 36.9 Å². The maximum absolute atomic E-state index is 14.4. The average Bonchev–Trinajstić information content (AvgIpc) is 3.52. The number of carbonyl (C=O) groups excluding carboxylic acids is 3. The number of nitrogens with zero attached hydrogens (tertiary/aromatic N) is 4. The zero-order valence-corrected chi connectivity index (χ0v) is 26.2. The number of benzene rings is 3. The lowest BCUT2D eigenvalue weighted by atomic mass is 10.0. The van der Waals surface area contributed by atoms with Crippen LogP contribution in [0, 0.1) is 11.6 Å². The van der Waals surface area contributed by atoms with Crippen LogP contribution in [0.15, 0.2) is 65.7 Å². The number of urea groups is 1. The number of amides is 4. The minimum absolute atomic E-state index is 0.219. The zero-order valence-electron chi connectivity index (χ0n) is 26.2. The van der Waals surface area contributed by atoms with Crippen LogP contribution in [0.25, 0.3) is 0 Å². The van der Waals surface area contributed by atoms with Crippen molar-refractivity contribution in [3.63, 3.8) is 0 Å². The summed E-state index contributed by atoms with van der Waals surface area (Å²) in [6, 6.07) is 11.6. The van der Waals surface area contributed by atoms with E-state index in [1.54, 1.807) is 45.0 Å². The maximum Gasteiger partial charge on any atom is 0.419 e. The molecule has 0 aromatic heterocycles. The summed E-state index contributed by atoms with van der Waals surface area (Å²) >= 11 is 0. The number of amidine groups is 1. The number of imide groups is 1. The van der Waals surface area contributed by atoms with Crippen LogP contribution < -0.4 is 10.2 Å². The van der Waals surface area contributed by atoms with Gasteiger partial charge in [0.1, 0.15) is 28.6 Å². The summed E-state index contributed by atoms with van der Waals surface area (Å²) in [6.07, 6.45) is -5.56. The molecule has 0 bridgehead atoms. The number of rotatable bonds is 6. The van der Waals surface area contributed by atoms with Crippen LogP contribution in [0.1, 0.15) is 51.3 Å². The average molecular weight is 658 g/mol. The second-order valence-electron chi connectivity index (χ2n) is 12.6. The predicted molar refractivity (Wildman–Crippen MR) is 164 cm³/mol. The Morgan fingerprint density at radius 3 is 2.30 bits per heavy atom. The van der Waals surface area contributed by atoms with Crippen molar-refractivity contribution in [3.05, 3.63) is 89.0 Å². The zero-order chi connectivity index (χ0) is 34.5. The quantitative estimate of drug-likeness (QED) is 0.219. The molecule has 2 heterocycles. The molecular weight excluding hydrogens is 625 g/mol. The van der Waals surface area contributed by atoms with E-state index >= 15 is 0 Å². The highest BCUT2D eigenvalue weighted by molar-refractivity contribution is 6.23. The number of anilines is 3. The minimum atomic E-state index is -5.05. The number of halogens is 5. The minimum Gasteiger partial charge on any atom is -0.443 e. The molecule has 1 N–H and O–H groups in total. The van der Waals surface area contributed by atoms with E-state index in [-0.39, 0.29) is 12.2 Å². The molecule has 14 heteroatoms. The summed E-state index contributed by atoms with van der Waals surface area (Å²) < 4.78 is 74.0. The number of hydrogen-bond donors (Lipinski definition) is 1. The fourth-order valence-corrected chi connectivity index (χ4v) is 5.22. The van der Waals surface area contributed by atoms with Gasteiger partial charge in [-0.25, -0.2) is 23.3 Å². The van der Waals surface area contributed by atoms with Crippen molar-refractivity contribution < 1.29 is 41.1 Å². The SMILES string of the molecule is CC(C)(C)OC(=O)N1CCN=C1c1ccc(Nc2cc(F)ccc2CN2C(=O)N(c3ccc(F)c(C(F)(F)F)c3)C(=O)C2(C)C)cc1. The molecule has 4 amide bonds. The molecule has 9 nitrogen and oxygen atoms in total. The number of carbonyl (C=O) groups is 3. The second-order valence-corrected chi connectivity index (χ2v) is 12.6. The van der Waals surface area contributed by atoms with Crippen molar-refractivity contribution >= 4 is 40.9 Å². The van der Waals surface area contributed by atoms with E-state index in [2.05, 4.69) is 10.3 Å². The molecule has 2 aliphatic rings. The van der Waals surface area contributed by atoms with E-state index in [1.807, 2.05) is 0 Å². The van der Waals surface area contributed by atoms with Gasteiger partial charge in [0, 0.05) is 16.9 Å². The van der Waals surface area contributed by atoms with Crippen molar-refractivity contribution in [1.82, 2.24) is 9.80 Å². The monoisotopic (exact) mass is 657 g/mol. The number of ether oxygens (including phenoxy) is 1. The molecule has 0 spiro atoms. The van der Waals surface area contributed by atoms with Crippen molar-refractivity contribution in [3.8, 4) is 0 Å². The molecule has 2 aliphatic heterocycles. The molecule has 0 atom stereocenters. The third kappa shape index (κ3) is 6.76. The Kier molecular flexibility index (Phi) is 8.50. The van der Waals surface area contributed by atoms with Gasteiger partial charge in [-0.05, 0) is 94.8 Å². The molecule has 0 unspecified atom stereocenters. The van der Waals surface area contributed by atoms with Gasteiger partial charge in [-0.1, -0.05) is 6.07 Å². The highest BCUT2D eigenvalue weighted by atomic mass is 19.4. The normalized spacial score (nSPS) is 16.6. The Bertz CT molecular complexity index is 1770. The lowest BCUT2D eigenvalue weighted by Crippen LogP contribution is -2.43. The van der Waals surface area contributed by atoms with E-state index in [0.29, 0.717) is 52.8 Å². The Morgan fingerprint density at radius 1 is 0.979 bits per heavy atom. The van der Waals surface area contributed by atoms with E-state index in [4.69, 9.17) is 4.74 Å². The highest BCUT2D eigenvalue weighted by Gasteiger charge is 2.52.